The number of rotatable bonds is 11. The van der Waals surface area contributed by atoms with Crippen LogP contribution in [0.1, 0.15) is 26.7 Å². The molecule has 0 aromatic heterocycles. The maximum atomic E-state index is 12.0. The van der Waals surface area contributed by atoms with Gasteiger partial charge in [-0.2, -0.15) is 0 Å². The third-order valence-electron chi connectivity index (χ3n) is 3.46. The number of nitrogens with one attached hydrogen (secondary N) is 3. The predicted octanol–water partition coefficient (Wildman–Crippen LogP) is -2.96. The van der Waals surface area contributed by atoms with Crippen LogP contribution >= 0.6 is 0 Å². The van der Waals surface area contributed by atoms with E-state index in [4.69, 9.17) is 16.6 Å². The number of hydrogen-bond acceptors (Lipinski definition) is 6. The second-order valence-electron chi connectivity index (χ2n) is 5.48. The van der Waals surface area contributed by atoms with Crippen LogP contribution in [0.4, 0.5) is 0 Å². The van der Waals surface area contributed by atoms with E-state index in [1.165, 1.54) is 0 Å². The summed E-state index contributed by atoms with van der Waals surface area (Å²) in [6.07, 6.45) is 0.0687. The average Bonchev–Trinajstić information content (AvgIpc) is 2.55. The maximum absolute atomic E-state index is 12.0. The molecule has 0 aliphatic rings. The minimum Gasteiger partial charge on any atom is -0.480 e. The number of aliphatic carboxylic acids is 1. The number of nitrogens with two attached hydrogens (primary N) is 2. The van der Waals surface area contributed by atoms with E-state index in [2.05, 4.69) is 16.0 Å². The van der Waals surface area contributed by atoms with Crippen LogP contribution in [0.25, 0.3) is 0 Å². The quantitative estimate of drug-likeness (QED) is 0.227. The predicted molar refractivity (Wildman–Crippen MR) is 86.8 cm³/mol. The van der Waals surface area contributed by atoms with Crippen molar-refractivity contribution in [2.75, 3.05) is 13.1 Å². The lowest BCUT2D eigenvalue weighted by Crippen LogP contribution is -2.53. The summed E-state index contributed by atoms with van der Waals surface area (Å²) in [5.41, 5.74) is 10.1. The van der Waals surface area contributed by atoms with Gasteiger partial charge in [-0.05, 0) is 5.92 Å². The highest BCUT2D eigenvalue weighted by Gasteiger charge is 2.26. The summed E-state index contributed by atoms with van der Waals surface area (Å²) in [6.45, 7) is 2.54. The highest BCUT2D eigenvalue weighted by Crippen LogP contribution is 2.07. The fourth-order valence-corrected chi connectivity index (χ4v) is 1.86. The molecular formula is C14H25N5O6. The number of primary amides is 1. The fourth-order valence-electron chi connectivity index (χ4n) is 1.86. The Morgan fingerprint density at radius 3 is 2.12 bits per heavy atom. The molecule has 3 atom stereocenters. The number of carboxylic acid groups (broad SMARTS) is 1. The molecule has 0 aromatic carbocycles. The van der Waals surface area contributed by atoms with Crippen molar-refractivity contribution < 1.29 is 29.1 Å². The molecule has 0 heterocycles. The largest absolute Gasteiger partial charge is 0.480 e. The van der Waals surface area contributed by atoms with Crippen LogP contribution in [0.5, 0.6) is 0 Å². The molecule has 0 aromatic rings. The van der Waals surface area contributed by atoms with Crippen LogP contribution < -0.4 is 27.4 Å². The van der Waals surface area contributed by atoms with E-state index in [-0.39, 0.29) is 5.92 Å². The van der Waals surface area contributed by atoms with Crippen molar-refractivity contribution in [3.8, 4) is 0 Å². The van der Waals surface area contributed by atoms with Gasteiger partial charge >= 0.3 is 5.97 Å². The molecule has 0 radical (unpaired) electrons. The highest BCUT2D eigenvalue weighted by molar-refractivity contribution is 5.94. The SMILES string of the molecule is CCC(C)C(NC(=O)CNC(=O)C(CC(N)=O)NC(=O)CN)C(=O)O. The van der Waals surface area contributed by atoms with E-state index < -0.39 is 61.2 Å². The first-order chi connectivity index (χ1) is 11.6. The summed E-state index contributed by atoms with van der Waals surface area (Å²) in [5, 5.41) is 15.8. The Morgan fingerprint density at radius 2 is 1.68 bits per heavy atom. The van der Waals surface area contributed by atoms with Crippen LogP contribution in [0.2, 0.25) is 0 Å². The molecule has 4 amide bonds. The zero-order chi connectivity index (χ0) is 19.6. The molecule has 0 saturated carbocycles. The lowest BCUT2D eigenvalue weighted by atomic mass is 9.99. The highest BCUT2D eigenvalue weighted by atomic mass is 16.4. The first-order valence-corrected chi connectivity index (χ1v) is 7.69. The van der Waals surface area contributed by atoms with Crippen molar-refractivity contribution in [1.29, 1.82) is 0 Å². The van der Waals surface area contributed by atoms with E-state index in [1.54, 1.807) is 13.8 Å². The van der Waals surface area contributed by atoms with Gasteiger partial charge in [-0.3, -0.25) is 19.2 Å². The van der Waals surface area contributed by atoms with Gasteiger partial charge < -0.3 is 32.5 Å². The zero-order valence-corrected chi connectivity index (χ0v) is 14.2. The molecule has 0 rings (SSSR count). The van der Waals surface area contributed by atoms with Crippen molar-refractivity contribution in [2.45, 2.75) is 38.8 Å². The topological polar surface area (TPSA) is 194 Å². The van der Waals surface area contributed by atoms with Crippen molar-refractivity contribution in [3.63, 3.8) is 0 Å². The Hall–Kier alpha value is -2.69. The molecule has 8 N–H and O–H groups in total. The summed E-state index contributed by atoms with van der Waals surface area (Å²) in [6, 6.07) is -2.36. The summed E-state index contributed by atoms with van der Waals surface area (Å²) >= 11 is 0. The van der Waals surface area contributed by atoms with Gasteiger partial charge in [-0.25, -0.2) is 4.79 Å². The number of amides is 4. The molecule has 3 unspecified atom stereocenters. The molecule has 0 spiro atoms. The van der Waals surface area contributed by atoms with Gasteiger partial charge in [0.1, 0.15) is 12.1 Å². The van der Waals surface area contributed by atoms with E-state index in [0.717, 1.165) is 0 Å². The second-order valence-corrected chi connectivity index (χ2v) is 5.48. The van der Waals surface area contributed by atoms with Gasteiger partial charge in [0.2, 0.25) is 23.6 Å². The standard InChI is InChI=1S/C14H25N5O6/c1-3-7(2)12(14(24)25)19-11(22)6-17-13(23)8(4-9(16)20)18-10(21)5-15/h7-8,12H,3-6,15H2,1-2H3,(H2,16,20)(H,17,23)(H,18,21)(H,19,22)(H,24,25). The minimum atomic E-state index is -1.27. The monoisotopic (exact) mass is 359 g/mol. The first-order valence-electron chi connectivity index (χ1n) is 7.69. The minimum absolute atomic E-state index is 0.302. The van der Waals surface area contributed by atoms with Crippen molar-refractivity contribution in [1.82, 2.24) is 16.0 Å². The maximum Gasteiger partial charge on any atom is 0.326 e. The van der Waals surface area contributed by atoms with Crippen LogP contribution in [0.3, 0.4) is 0 Å². The number of carbonyl (C=O) groups excluding carboxylic acids is 4. The van der Waals surface area contributed by atoms with Crippen LogP contribution in [-0.4, -0.2) is 59.9 Å². The number of carbonyl (C=O) groups is 5. The summed E-state index contributed by atoms with van der Waals surface area (Å²) < 4.78 is 0. The Labute approximate surface area is 144 Å². The van der Waals surface area contributed by atoms with Gasteiger partial charge in [0.05, 0.1) is 19.5 Å². The Bertz CT molecular complexity index is 524. The molecule has 0 aliphatic carbocycles. The van der Waals surface area contributed by atoms with Gasteiger partial charge in [0.15, 0.2) is 0 Å². The lowest BCUT2D eigenvalue weighted by molar-refractivity contribution is -0.143. The molecule has 0 bridgehead atoms. The Balaban J connectivity index is 4.70. The first kappa shape index (κ1) is 22.3. The normalized spacial score (nSPS) is 13.9. The van der Waals surface area contributed by atoms with Crippen molar-refractivity contribution >= 4 is 29.6 Å². The lowest BCUT2D eigenvalue weighted by Gasteiger charge is -2.21. The van der Waals surface area contributed by atoms with E-state index in [9.17, 15) is 24.0 Å². The molecular weight excluding hydrogens is 334 g/mol. The van der Waals surface area contributed by atoms with E-state index in [1.807, 2.05) is 0 Å². The number of hydrogen-bond donors (Lipinski definition) is 6. The van der Waals surface area contributed by atoms with Crippen LogP contribution in [0.15, 0.2) is 0 Å². The second kappa shape index (κ2) is 11.0. The molecule has 0 fully saturated rings. The van der Waals surface area contributed by atoms with Crippen LogP contribution in [0, 0.1) is 5.92 Å². The molecule has 25 heavy (non-hydrogen) atoms. The third-order valence-corrected chi connectivity index (χ3v) is 3.46. The summed E-state index contributed by atoms with van der Waals surface area (Å²) in [5.74, 6) is -4.52. The van der Waals surface area contributed by atoms with E-state index >= 15 is 0 Å². The molecule has 0 aliphatic heterocycles. The molecule has 11 nitrogen and oxygen atoms in total. The van der Waals surface area contributed by atoms with Gasteiger partial charge in [-0.15, -0.1) is 0 Å². The third kappa shape index (κ3) is 8.65. The summed E-state index contributed by atoms with van der Waals surface area (Å²) in [4.78, 5) is 57.2. The van der Waals surface area contributed by atoms with Gasteiger partial charge in [0, 0.05) is 0 Å². The Morgan fingerprint density at radius 1 is 1.08 bits per heavy atom. The fraction of sp³-hybridized carbons (Fsp3) is 0.643. The van der Waals surface area contributed by atoms with Crippen molar-refractivity contribution in [3.05, 3.63) is 0 Å². The van der Waals surface area contributed by atoms with E-state index in [0.29, 0.717) is 6.42 Å². The van der Waals surface area contributed by atoms with Crippen LogP contribution in [-0.2, 0) is 24.0 Å². The summed E-state index contributed by atoms with van der Waals surface area (Å²) in [7, 11) is 0. The average molecular weight is 359 g/mol. The van der Waals surface area contributed by atoms with Crippen molar-refractivity contribution in [2.24, 2.45) is 17.4 Å². The molecule has 11 heteroatoms. The molecule has 0 saturated heterocycles. The molecule has 142 valence electrons. The van der Waals surface area contributed by atoms with Gasteiger partial charge in [-0.1, -0.05) is 20.3 Å². The number of carboxylic acids is 1. The van der Waals surface area contributed by atoms with Gasteiger partial charge in [0.25, 0.3) is 0 Å². The Kier molecular flexibility index (Phi) is 9.79. The zero-order valence-electron chi connectivity index (χ0n) is 14.2. The smallest absolute Gasteiger partial charge is 0.326 e.